The maximum Gasteiger partial charge on any atom is 0.246 e. The lowest BCUT2D eigenvalue weighted by atomic mass is 10.1. The van der Waals surface area contributed by atoms with Gasteiger partial charge < -0.3 is 4.74 Å². The molecule has 0 unspecified atom stereocenters. The van der Waals surface area contributed by atoms with Gasteiger partial charge in [-0.25, -0.2) is 10.1 Å². The van der Waals surface area contributed by atoms with Crippen LogP contribution in [0.3, 0.4) is 0 Å². The van der Waals surface area contributed by atoms with E-state index in [0.29, 0.717) is 30.0 Å². The largest absolute Gasteiger partial charge is 0.478 e. The maximum absolute atomic E-state index is 12.4. The number of aromatic amines is 1. The number of aromatic nitrogens is 2. The van der Waals surface area contributed by atoms with Gasteiger partial charge in [0.05, 0.1) is 6.61 Å². The second-order valence-corrected chi connectivity index (χ2v) is 7.76. The van der Waals surface area contributed by atoms with Gasteiger partial charge in [0.25, 0.3) is 0 Å². The molecule has 0 radical (unpaired) electrons. The molecule has 0 aliphatic carbocycles. The van der Waals surface area contributed by atoms with Crippen molar-refractivity contribution in [3.8, 4) is 17.1 Å². The Balaban J connectivity index is 2.06. The van der Waals surface area contributed by atoms with Gasteiger partial charge in [0, 0.05) is 18.1 Å². The third kappa shape index (κ3) is 8.93. The molecule has 5 nitrogen and oxygen atoms in total. The van der Waals surface area contributed by atoms with E-state index in [4.69, 9.17) is 4.74 Å². The zero-order valence-electron chi connectivity index (χ0n) is 18.7. The SMILES string of the molecule is CCCCCCCCOc1cc(=NC(=O)CCCCCC)c(-c2ccccc2)n[nH]1. The van der Waals surface area contributed by atoms with Crippen LogP contribution in [0.15, 0.2) is 41.4 Å². The van der Waals surface area contributed by atoms with E-state index in [1.165, 1.54) is 32.1 Å². The first-order chi connectivity index (χ1) is 14.7. The molecule has 0 saturated carbocycles. The van der Waals surface area contributed by atoms with Crippen molar-refractivity contribution in [2.24, 2.45) is 4.99 Å². The molecular weight excluding hydrogens is 374 g/mol. The Kier molecular flexibility index (Phi) is 11.6. The van der Waals surface area contributed by atoms with Crippen LogP contribution >= 0.6 is 0 Å². The summed E-state index contributed by atoms with van der Waals surface area (Å²) in [4.78, 5) is 16.8. The first-order valence-corrected chi connectivity index (χ1v) is 11.6. The highest BCUT2D eigenvalue weighted by Gasteiger charge is 2.08. The Labute approximate surface area is 181 Å². The van der Waals surface area contributed by atoms with Gasteiger partial charge in [0.2, 0.25) is 11.8 Å². The van der Waals surface area contributed by atoms with Crippen molar-refractivity contribution >= 4 is 5.91 Å². The van der Waals surface area contributed by atoms with Crippen LogP contribution < -0.4 is 10.1 Å². The van der Waals surface area contributed by atoms with Crippen LogP contribution in [0.4, 0.5) is 0 Å². The Morgan fingerprint density at radius 3 is 2.33 bits per heavy atom. The van der Waals surface area contributed by atoms with Crippen LogP contribution in [-0.4, -0.2) is 22.7 Å². The number of hydrogen-bond donors (Lipinski definition) is 1. The number of H-pyrrole nitrogens is 1. The lowest BCUT2D eigenvalue weighted by molar-refractivity contribution is -0.118. The quantitative estimate of drug-likeness (QED) is 0.376. The number of nitrogens with one attached hydrogen (secondary N) is 1. The van der Waals surface area contributed by atoms with Gasteiger partial charge in [-0.2, -0.15) is 5.10 Å². The highest BCUT2D eigenvalue weighted by atomic mass is 16.5. The third-order valence-corrected chi connectivity index (χ3v) is 5.08. The molecule has 1 heterocycles. The molecule has 0 bridgehead atoms. The predicted octanol–water partition coefficient (Wildman–Crippen LogP) is 6.21. The Morgan fingerprint density at radius 1 is 0.933 bits per heavy atom. The standard InChI is InChI=1S/C25H37N3O2/c1-3-5-7-9-10-15-19-30-24-20-22(26-23(29)18-14-8-6-4-2)25(28-27-24)21-16-12-11-13-17-21/h11-13,16-17,20H,3-10,14-15,18-19H2,1-2H3,(H,26,27,29). The molecule has 2 aromatic rings. The van der Waals surface area contributed by atoms with Gasteiger partial charge in [0.1, 0.15) is 11.1 Å². The van der Waals surface area contributed by atoms with Gasteiger partial charge in [-0.3, -0.25) is 4.79 Å². The number of benzene rings is 1. The lowest BCUT2D eigenvalue weighted by Crippen LogP contribution is -2.14. The molecule has 1 N–H and O–H groups in total. The summed E-state index contributed by atoms with van der Waals surface area (Å²) in [5, 5.41) is 8.00. The van der Waals surface area contributed by atoms with E-state index < -0.39 is 0 Å². The monoisotopic (exact) mass is 411 g/mol. The molecule has 0 aliphatic heterocycles. The molecule has 1 aromatic carbocycles. The highest BCUT2D eigenvalue weighted by molar-refractivity contribution is 5.77. The van der Waals surface area contributed by atoms with Crippen LogP contribution in [0.25, 0.3) is 11.3 Å². The lowest BCUT2D eigenvalue weighted by Gasteiger charge is -2.08. The summed E-state index contributed by atoms with van der Waals surface area (Å²) in [6, 6.07) is 11.6. The van der Waals surface area contributed by atoms with Crippen molar-refractivity contribution in [3.05, 3.63) is 41.8 Å². The molecule has 0 aliphatic rings. The highest BCUT2D eigenvalue weighted by Crippen LogP contribution is 2.14. The van der Waals surface area contributed by atoms with Crippen LogP contribution in [0.1, 0.15) is 84.5 Å². The molecule has 0 atom stereocenters. The van der Waals surface area contributed by atoms with Gasteiger partial charge in [-0.05, 0) is 12.8 Å². The summed E-state index contributed by atoms with van der Waals surface area (Å²) in [5.74, 6) is 0.457. The molecule has 0 spiro atoms. The van der Waals surface area contributed by atoms with E-state index in [9.17, 15) is 4.79 Å². The summed E-state index contributed by atoms with van der Waals surface area (Å²) in [7, 11) is 0. The fraction of sp³-hybridized carbons (Fsp3) is 0.560. The van der Waals surface area contributed by atoms with Crippen LogP contribution in [0, 0.1) is 0 Å². The molecule has 0 saturated heterocycles. The van der Waals surface area contributed by atoms with Gasteiger partial charge in [-0.15, -0.1) is 0 Å². The number of unbranched alkanes of at least 4 members (excludes halogenated alkanes) is 8. The number of amides is 1. The number of rotatable bonds is 14. The average Bonchev–Trinajstić information content (AvgIpc) is 2.77. The molecule has 1 amide bonds. The number of carbonyl (C=O) groups is 1. The predicted molar refractivity (Wildman–Crippen MR) is 122 cm³/mol. The van der Waals surface area contributed by atoms with Crippen molar-refractivity contribution in [2.45, 2.75) is 84.5 Å². The summed E-state index contributed by atoms with van der Waals surface area (Å²) in [6.45, 7) is 5.03. The van der Waals surface area contributed by atoms with E-state index in [0.717, 1.165) is 37.7 Å². The van der Waals surface area contributed by atoms with E-state index in [-0.39, 0.29) is 5.91 Å². The van der Waals surface area contributed by atoms with Crippen LogP contribution in [-0.2, 0) is 4.79 Å². The normalized spacial score (nSPS) is 11.6. The summed E-state index contributed by atoms with van der Waals surface area (Å²) >= 11 is 0. The summed E-state index contributed by atoms with van der Waals surface area (Å²) in [6.07, 6.45) is 12.0. The fourth-order valence-corrected chi connectivity index (χ4v) is 3.32. The summed E-state index contributed by atoms with van der Waals surface area (Å²) < 4.78 is 5.85. The molecule has 1 aromatic heterocycles. The molecule has 164 valence electrons. The minimum absolute atomic E-state index is 0.0989. The molecule has 30 heavy (non-hydrogen) atoms. The Hall–Kier alpha value is -2.43. The van der Waals surface area contributed by atoms with Gasteiger partial charge in [0.15, 0.2) is 0 Å². The van der Waals surface area contributed by atoms with E-state index in [1.54, 1.807) is 6.07 Å². The minimum Gasteiger partial charge on any atom is -0.478 e. The molecule has 2 rings (SSSR count). The third-order valence-electron chi connectivity index (χ3n) is 5.08. The zero-order valence-corrected chi connectivity index (χ0v) is 18.7. The fourth-order valence-electron chi connectivity index (χ4n) is 3.32. The smallest absolute Gasteiger partial charge is 0.246 e. The Morgan fingerprint density at radius 2 is 1.60 bits per heavy atom. The van der Waals surface area contributed by atoms with E-state index in [1.807, 2.05) is 30.3 Å². The minimum atomic E-state index is -0.0989. The van der Waals surface area contributed by atoms with Crippen molar-refractivity contribution in [1.29, 1.82) is 0 Å². The van der Waals surface area contributed by atoms with Crippen molar-refractivity contribution in [2.75, 3.05) is 6.61 Å². The first-order valence-electron chi connectivity index (χ1n) is 11.6. The summed E-state index contributed by atoms with van der Waals surface area (Å²) in [5.41, 5.74) is 1.60. The zero-order chi connectivity index (χ0) is 21.4. The second-order valence-electron chi connectivity index (χ2n) is 7.76. The van der Waals surface area contributed by atoms with Crippen molar-refractivity contribution < 1.29 is 9.53 Å². The van der Waals surface area contributed by atoms with Gasteiger partial charge in [-0.1, -0.05) is 95.5 Å². The number of hydrogen-bond acceptors (Lipinski definition) is 3. The molecular formula is C25H37N3O2. The Bertz CT molecular complexity index is 800. The first kappa shape index (κ1) is 23.8. The number of nitrogens with zero attached hydrogens (tertiary/aromatic N) is 2. The molecule has 5 heteroatoms. The number of ether oxygens (including phenoxy) is 1. The second kappa shape index (κ2) is 14.5. The van der Waals surface area contributed by atoms with E-state index in [2.05, 4.69) is 29.0 Å². The number of carbonyl (C=O) groups excluding carboxylic acids is 1. The topological polar surface area (TPSA) is 67.3 Å². The van der Waals surface area contributed by atoms with E-state index >= 15 is 0 Å². The average molecular weight is 412 g/mol. The van der Waals surface area contributed by atoms with Crippen molar-refractivity contribution in [3.63, 3.8) is 0 Å². The van der Waals surface area contributed by atoms with Crippen molar-refractivity contribution in [1.82, 2.24) is 10.2 Å². The molecule has 0 fully saturated rings. The maximum atomic E-state index is 12.4. The van der Waals surface area contributed by atoms with Gasteiger partial charge >= 0.3 is 0 Å². The van der Waals surface area contributed by atoms with Crippen LogP contribution in [0.2, 0.25) is 0 Å². The van der Waals surface area contributed by atoms with Crippen LogP contribution in [0.5, 0.6) is 5.88 Å².